The van der Waals surface area contributed by atoms with Crippen LogP contribution in [-0.4, -0.2) is 30.0 Å². The van der Waals surface area contributed by atoms with Crippen molar-refractivity contribution in [1.29, 1.82) is 0 Å². The number of carboxylic acid groups (broad SMARTS) is 1. The number of amides is 1. The van der Waals surface area contributed by atoms with Gasteiger partial charge < -0.3 is 15.2 Å². The Labute approximate surface area is 236 Å². The largest absolute Gasteiger partial charge is 0.485 e. The van der Waals surface area contributed by atoms with Gasteiger partial charge in [0.15, 0.2) is 0 Å². The van der Waals surface area contributed by atoms with E-state index in [1.807, 2.05) is 45.1 Å². The normalized spacial score (nSPS) is 14.9. The Kier molecular flexibility index (Phi) is 15.3. The Bertz CT molecular complexity index is 1050. The summed E-state index contributed by atoms with van der Waals surface area (Å²) in [5.41, 5.74) is 1.81. The van der Waals surface area contributed by atoms with Gasteiger partial charge >= 0.3 is 5.97 Å². The van der Waals surface area contributed by atoms with E-state index in [2.05, 4.69) is 32.3 Å². The quantitative estimate of drug-likeness (QED) is 0.107. The standard InChI is InChI=1S/C31H43F2NO4S/c1-8-24(30(32)33)11-9-10-22(6)23(7)19-25(18-21(4)5)38-26(13-12-20(2)3)27-14-15-28(39-27)31(37)34-17-16-29(35)36/h8-10,14-15,18-20,22,24,26,30H,1,4,11-13,16-17H2,2-3,5-7H3,(H,34,37)(H,35,36)/b10-9+,23-19-,25-18+. The highest BCUT2D eigenvalue weighted by molar-refractivity contribution is 7.14. The van der Waals surface area contributed by atoms with Crippen molar-refractivity contribution in [2.45, 2.75) is 72.8 Å². The fraction of sp³-hybridized carbons (Fsp3) is 0.484. The van der Waals surface area contributed by atoms with Gasteiger partial charge in [-0.25, -0.2) is 8.78 Å². The van der Waals surface area contributed by atoms with Gasteiger partial charge in [-0.2, -0.15) is 0 Å². The molecule has 1 aromatic heterocycles. The number of halogens is 2. The average Bonchev–Trinajstić information content (AvgIpc) is 3.33. The topological polar surface area (TPSA) is 75.6 Å². The minimum absolute atomic E-state index is 0.00205. The van der Waals surface area contributed by atoms with Crippen molar-refractivity contribution >= 4 is 23.2 Å². The molecule has 0 saturated heterocycles. The van der Waals surface area contributed by atoms with Gasteiger partial charge in [-0.1, -0.05) is 56.7 Å². The SMILES string of the molecule is C=CC(C/C=C/C(C)/C(C)=C\C(=C/C(=C)C)OC(CCC(C)C)c1ccc(C(=O)NCCC(=O)O)s1)C(F)F. The van der Waals surface area contributed by atoms with E-state index in [0.717, 1.165) is 28.9 Å². The third-order valence-electron chi connectivity index (χ3n) is 6.01. The second kappa shape index (κ2) is 17.6. The molecule has 1 amide bonds. The number of hydrogen-bond acceptors (Lipinski definition) is 4. The fourth-order valence-corrected chi connectivity index (χ4v) is 4.52. The number of carboxylic acids is 1. The third kappa shape index (κ3) is 13.6. The molecule has 0 fully saturated rings. The third-order valence-corrected chi connectivity index (χ3v) is 7.19. The monoisotopic (exact) mass is 563 g/mol. The van der Waals surface area contributed by atoms with E-state index in [1.165, 1.54) is 17.4 Å². The predicted octanol–water partition coefficient (Wildman–Crippen LogP) is 8.50. The molecule has 3 atom stereocenters. The molecule has 0 saturated carbocycles. The number of carbonyl (C=O) groups is 2. The van der Waals surface area contributed by atoms with Gasteiger partial charge in [-0.3, -0.25) is 9.59 Å². The summed E-state index contributed by atoms with van der Waals surface area (Å²) in [6, 6.07) is 3.61. The number of aliphatic carboxylic acids is 1. The van der Waals surface area contributed by atoms with Gasteiger partial charge in [0, 0.05) is 17.3 Å². The zero-order valence-corrected chi connectivity index (χ0v) is 24.5. The zero-order chi connectivity index (χ0) is 29.5. The van der Waals surface area contributed by atoms with Crippen LogP contribution >= 0.6 is 11.3 Å². The van der Waals surface area contributed by atoms with E-state index >= 15 is 0 Å². The van der Waals surface area contributed by atoms with E-state index < -0.39 is 18.3 Å². The minimum Gasteiger partial charge on any atom is -0.485 e. The molecule has 5 nitrogen and oxygen atoms in total. The van der Waals surface area contributed by atoms with Gasteiger partial charge in [0.05, 0.1) is 11.3 Å². The summed E-state index contributed by atoms with van der Waals surface area (Å²) in [4.78, 5) is 24.6. The number of rotatable bonds is 18. The molecule has 0 spiro atoms. The Morgan fingerprint density at radius 1 is 1.15 bits per heavy atom. The molecule has 1 aromatic rings. The van der Waals surface area contributed by atoms with Gasteiger partial charge in [0.25, 0.3) is 5.91 Å². The number of allylic oxidation sites excluding steroid dienone is 7. The highest BCUT2D eigenvalue weighted by atomic mass is 32.1. The molecule has 3 unspecified atom stereocenters. The first-order valence-electron chi connectivity index (χ1n) is 13.2. The van der Waals surface area contributed by atoms with Crippen molar-refractivity contribution in [3.05, 3.63) is 82.3 Å². The Morgan fingerprint density at radius 2 is 1.85 bits per heavy atom. The van der Waals surface area contributed by atoms with Crippen molar-refractivity contribution in [2.75, 3.05) is 6.54 Å². The Balaban J connectivity index is 3.13. The van der Waals surface area contributed by atoms with E-state index in [4.69, 9.17) is 9.84 Å². The molecule has 0 aliphatic heterocycles. The maximum Gasteiger partial charge on any atom is 0.305 e. The number of ether oxygens (including phenoxy) is 1. The van der Waals surface area contributed by atoms with E-state index in [-0.39, 0.29) is 37.3 Å². The minimum atomic E-state index is -2.44. The number of hydrogen-bond donors (Lipinski definition) is 2. The van der Waals surface area contributed by atoms with Crippen molar-refractivity contribution in [3.8, 4) is 0 Å². The molecule has 216 valence electrons. The summed E-state index contributed by atoms with van der Waals surface area (Å²) in [6.45, 7) is 17.7. The number of thiophene rings is 1. The molecule has 0 radical (unpaired) electrons. The predicted molar refractivity (Wildman–Crippen MR) is 156 cm³/mol. The van der Waals surface area contributed by atoms with Crippen molar-refractivity contribution in [2.24, 2.45) is 17.8 Å². The van der Waals surface area contributed by atoms with Crippen LogP contribution in [0.15, 0.2) is 72.6 Å². The summed E-state index contributed by atoms with van der Waals surface area (Å²) >= 11 is 1.33. The molecule has 0 aliphatic rings. The average molecular weight is 564 g/mol. The zero-order valence-electron chi connectivity index (χ0n) is 23.7. The van der Waals surface area contributed by atoms with Gasteiger partial charge in [0.1, 0.15) is 11.9 Å². The number of carbonyl (C=O) groups excluding carboxylic acids is 1. The lowest BCUT2D eigenvalue weighted by Gasteiger charge is -2.21. The van der Waals surface area contributed by atoms with Crippen LogP contribution in [0, 0.1) is 17.8 Å². The first kappa shape index (κ1) is 34.0. The van der Waals surface area contributed by atoms with Crippen molar-refractivity contribution in [3.63, 3.8) is 0 Å². The lowest BCUT2D eigenvalue weighted by Crippen LogP contribution is -2.25. The molecule has 1 heterocycles. The maximum atomic E-state index is 13.0. The second-order valence-electron chi connectivity index (χ2n) is 10.1. The maximum absolute atomic E-state index is 13.0. The van der Waals surface area contributed by atoms with Crippen molar-refractivity contribution in [1.82, 2.24) is 5.32 Å². The van der Waals surface area contributed by atoms with Gasteiger partial charge in [0.2, 0.25) is 6.43 Å². The molecule has 8 heteroatoms. The molecule has 1 rings (SSSR count). The summed E-state index contributed by atoms with van der Waals surface area (Å²) in [7, 11) is 0. The van der Waals surface area contributed by atoms with Crippen molar-refractivity contribution < 1.29 is 28.2 Å². The molecule has 0 bridgehead atoms. The summed E-state index contributed by atoms with van der Waals surface area (Å²) in [5, 5.41) is 11.4. The lowest BCUT2D eigenvalue weighted by atomic mass is 9.98. The van der Waals surface area contributed by atoms with E-state index in [0.29, 0.717) is 16.6 Å². The van der Waals surface area contributed by atoms with Crippen LogP contribution < -0.4 is 5.32 Å². The molecule has 0 aliphatic carbocycles. The summed E-state index contributed by atoms with van der Waals surface area (Å²) in [5.74, 6) is -1.05. The number of alkyl halides is 2. The van der Waals surface area contributed by atoms with Crippen LogP contribution in [-0.2, 0) is 9.53 Å². The van der Waals surface area contributed by atoms with Crippen LogP contribution in [0.2, 0.25) is 0 Å². The van der Waals surface area contributed by atoms with Crippen LogP contribution in [0.1, 0.15) is 81.0 Å². The molecule has 39 heavy (non-hydrogen) atoms. The fourth-order valence-electron chi connectivity index (χ4n) is 3.53. The highest BCUT2D eigenvalue weighted by Crippen LogP contribution is 2.33. The number of nitrogens with one attached hydrogen (secondary N) is 1. The lowest BCUT2D eigenvalue weighted by molar-refractivity contribution is -0.136. The van der Waals surface area contributed by atoms with Crippen LogP contribution in [0.4, 0.5) is 8.78 Å². The van der Waals surface area contributed by atoms with Crippen LogP contribution in [0.3, 0.4) is 0 Å². The first-order valence-corrected chi connectivity index (χ1v) is 14.0. The van der Waals surface area contributed by atoms with Gasteiger partial charge in [-0.05, 0) is 69.2 Å². The van der Waals surface area contributed by atoms with Crippen LogP contribution in [0.25, 0.3) is 0 Å². The summed E-state index contributed by atoms with van der Waals surface area (Å²) in [6.07, 6.45) is 7.79. The molecular formula is C31H43F2NO4S. The molecule has 2 N–H and O–H groups in total. The Morgan fingerprint density at radius 3 is 2.41 bits per heavy atom. The second-order valence-corrected chi connectivity index (χ2v) is 11.3. The molecule has 0 aromatic carbocycles. The molecular weight excluding hydrogens is 520 g/mol. The van der Waals surface area contributed by atoms with E-state index in [9.17, 15) is 18.4 Å². The van der Waals surface area contributed by atoms with Crippen LogP contribution in [0.5, 0.6) is 0 Å². The first-order chi connectivity index (χ1) is 18.3. The summed E-state index contributed by atoms with van der Waals surface area (Å²) < 4.78 is 32.5. The smallest absolute Gasteiger partial charge is 0.305 e. The highest BCUT2D eigenvalue weighted by Gasteiger charge is 2.20. The van der Waals surface area contributed by atoms with E-state index in [1.54, 1.807) is 12.1 Å². The Hall–Kier alpha value is -3.00. The van der Waals surface area contributed by atoms with Gasteiger partial charge in [-0.15, -0.1) is 17.9 Å².